The van der Waals surface area contributed by atoms with E-state index in [1.165, 1.54) is 121 Å². The molecule has 70 heavy (non-hydrogen) atoms. The van der Waals surface area contributed by atoms with E-state index >= 15 is 0 Å². The van der Waals surface area contributed by atoms with Gasteiger partial charge in [0.1, 0.15) is 0 Å². The minimum atomic E-state index is -0.467. The topological polar surface area (TPSA) is 6.48 Å². The smallest absolute Gasteiger partial charge is 0.264 e. The molecule has 9 aromatic carbocycles. The first kappa shape index (κ1) is 41.3. The lowest BCUT2D eigenvalue weighted by Crippen LogP contribution is -2.60. The summed E-state index contributed by atoms with van der Waals surface area (Å²) in [6, 6.07) is 80.6. The molecule has 4 heteroatoms. The molecule has 1 spiro atoms. The molecule has 0 bridgehead atoms. The zero-order chi connectivity index (χ0) is 47.0. The Bertz CT molecular complexity index is 3700. The average molecular weight is 915 g/mol. The molecule has 0 amide bonds. The van der Waals surface area contributed by atoms with Crippen LogP contribution in [-0.2, 0) is 10.8 Å². The Morgan fingerprint density at radius 1 is 0.471 bits per heavy atom. The van der Waals surface area contributed by atoms with Crippen LogP contribution in [0.4, 0.5) is 34.1 Å². The van der Waals surface area contributed by atoms with Gasteiger partial charge >= 0.3 is 0 Å². The van der Waals surface area contributed by atoms with E-state index in [4.69, 9.17) is 0 Å². The summed E-state index contributed by atoms with van der Waals surface area (Å²) in [5.74, 6) is 0.392. The van der Waals surface area contributed by atoms with Gasteiger partial charge in [-0.1, -0.05) is 204 Å². The molecule has 0 N–H and O–H groups in total. The number of anilines is 6. The lowest BCUT2D eigenvalue weighted by atomic mass is 9.36. The molecule has 3 heterocycles. The van der Waals surface area contributed by atoms with Crippen molar-refractivity contribution in [3.05, 3.63) is 245 Å². The van der Waals surface area contributed by atoms with E-state index in [2.05, 4.69) is 268 Å². The predicted molar refractivity (Wildman–Crippen MR) is 298 cm³/mol. The molecule has 0 unspecified atom stereocenters. The van der Waals surface area contributed by atoms with Crippen LogP contribution in [-0.4, -0.2) is 6.71 Å². The summed E-state index contributed by atoms with van der Waals surface area (Å²) < 4.78 is 1.40. The quantitative estimate of drug-likeness (QED) is 0.159. The highest BCUT2D eigenvalue weighted by Crippen LogP contribution is 2.67. The summed E-state index contributed by atoms with van der Waals surface area (Å²) in [4.78, 5) is 6.60. The monoisotopic (exact) mass is 914 g/mol. The Hall–Kier alpha value is -7.66. The van der Waals surface area contributed by atoms with Gasteiger partial charge in [-0.3, -0.25) is 0 Å². The molecule has 2 aliphatic heterocycles. The van der Waals surface area contributed by atoms with Crippen molar-refractivity contribution >= 4 is 67.9 Å². The van der Waals surface area contributed by atoms with Gasteiger partial charge in [0.05, 0.1) is 11.1 Å². The van der Waals surface area contributed by atoms with Crippen LogP contribution in [0.5, 0.6) is 0 Å². The molecule has 0 radical (unpaired) electrons. The lowest BCUT2D eigenvalue weighted by molar-refractivity contribution is 0.590. The van der Waals surface area contributed by atoms with Crippen molar-refractivity contribution in [3.63, 3.8) is 0 Å². The lowest BCUT2D eigenvalue weighted by Gasteiger charge is -2.43. The van der Waals surface area contributed by atoms with Gasteiger partial charge in [-0.25, -0.2) is 0 Å². The number of para-hydroxylation sites is 2. The number of fused-ring (bicyclic) bond motifs is 15. The standard InChI is InChI=1S/C66H51BN2S/c1-41(2)43-32-35-51-55(38-43)66(53-28-17-15-26-49(53)50-27-16-18-29-54(50)66)63-60(51)62-64(70-63)67-56-37-33-44(52-40-45(65(3,4)5)34-36-48(52)42-20-9-6-10-21-42)39-59(56)68(46-22-11-7-12-23-46)57-30-19-31-58(61(57)67)69(62)47-24-13-8-14-25-47/h6-41H,1-5H3. The van der Waals surface area contributed by atoms with E-state index in [0.29, 0.717) is 5.92 Å². The van der Waals surface area contributed by atoms with Crippen LogP contribution >= 0.6 is 11.3 Å². The van der Waals surface area contributed by atoms with E-state index in [1.807, 2.05) is 0 Å². The molecule has 0 saturated carbocycles. The highest BCUT2D eigenvalue weighted by atomic mass is 32.1. The van der Waals surface area contributed by atoms with Crippen LogP contribution in [0.25, 0.3) is 44.5 Å². The third-order valence-electron chi connectivity index (χ3n) is 15.8. The number of thiophene rings is 1. The summed E-state index contributed by atoms with van der Waals surface area (Å²) in [5.41, 5.74) is 26.7. The summed E-state index contributed by atoms with van der Waals surface area (Å²) >= 11 is 2.06. The molecule has 0 atom stereocenters. The van der Waals surface area contributed by atoms with Gasteiger partial charge in [-0.2, -0.15) is 0 Å². The Kier molecular flexibility index (Phi) is 8.96. The molecular weight excluding hydrogens is 864 g/mol. The zero-order valence-electron chi connectivity index (χ0n) is 40.2. The second-order valence-corrected chi connectivity index (χ2v) is 22.0. The summed E-state index contributed by atoms with van der Waals surface area (Å²) in [6.07, 6.45) is 0. The van der Waals surface area contributed by atoms with Crippen molar-refractivity contribution in [3.8, 4) is 44.5 Å². The van der Waals surface area contributed by atoms with Gasteiger partial charge in [0.25, 0.3) is 6.71 Å². The number of nitrogens with zero attached hydrogens (tertiary/aromatic N) is 2. The van der Waals surface area contributed by atoms with Gasteiger partial charge < -0.3 is 9.80 Å². The van der Waals surface area contributed by atoms with Gasteiger partial charge in [0, 0.05) is 43.7 Å². The molecule has 0 saturated heterocycles. The van der Waals surface area contributed by atoms with Crippen molar-refractivity contribution in [2.45, 2.75) is 51.4 Å². The fourth-order valence-electron chi connectivity index (χ4n) is 12.6. The first-order chi connectivity index (χ1) is 34.2. The van der Waals surface area contributed by atoms with Crippen LogP contribution in [0.15, 0.2) is 212 Å². The second-order valence-electron chi connectivity index (χ2n) is 21.0. The number of hydrogen-bond donors (Lipinski definition) is 0. The fraction of sp³-hybridized carbons (Fsp3) is 0.121. The minimum Gasteiger partial charge on any atom is -0.311 e. The highest BCUT2D eigenvalue weighted by Gasteiger charge is 2.57. The van der Waals surface area contributed by atoms with Crippen molar-refractivity contribution in [2.24, 2.45) is 0 Å². The summed E-state index contributed by atoms with van der Waals surface area (Å²) in [6.45, 7) is 11.6. The molecule has 2 aliphatic carbocycles. The van der Waals surface area contributed by atoms with Gasteiger partial charge in [0.15, 0.2) is 0 Å². The van der Waals surface area contributed by atoms with Crippen molar-refractivity contribution in [1.82, 2.24) is 0 Å². The van der Waals surface area contributed by atoms with Crippen LogP contribution in [0, 0.1) is 0 Å². The maximum Gasteiger partial charge on any atom is 0.264 e. The molecule has 10 aromatic rings. The SMILES string of the molecule is CC(C)c1ccc2c(c1)C1(c3ccccc3-c3ccccc31)c1sc3c(c1-2)N(c1ccccc1)c1cccc2c1B3c1ccc(-c3cc(C(C)(C)C)ccc3-c3ccccc3)cc1N2c1ccccc1. The number of rotatable bonds is 5. The molecule has 2 nitrogen and oxygen atoms in total. The second kappa shape index (κ2) is 15.2. The van der Waals surface area contributed by atoms with E-state index in [1.54, 1.807) is 0 Å². The summed E-state index contributed by atoms with van der Waals surface area (Å²) in [7, 11) is 0. The van der Waals surface area contributed by atoms with Gasteiger partial charge in [-0.05, 0) is 131 Å². The van der Waals surface area contributed by atoms with E-state index < -0.39 is 5.41 Å². The van der Waals surface area contributed by atoms with E-state index in [-0.39, 0.29) is 12.1 Å². The average Bonchev–Trinajstić information content (AvgIpc) is 4.03. The maximum absolute atomic E-state index is 2.62. The number of benzene rings is 9. The minimum absolute atomic E-state index is 0.0149. The van der Waals surface area contributed by atoms with Gasteiger partial charge in [0.2, 0.25) is 0 Å². The molecule has 14 rings (SSSR count). The van der Waals surface area contributed by atoms with Crippen LogP contribution in [0.1, 0.15) is 73.2 Å². The Labute approximate surface area is 416 Å². The normalized spacial score (nSPS) is 14.2. The van der Waals surface area contributed by atoms with Gasteiger partial charge in [-0.15, -0.1) is 11.3 Å². The van der Waals surface area contributed by atoms with Crippen LogP contribution in [0.3, 0.4) is 0 Å². The molecule has 1 aromatic heterocycles. The Morgan fingerprint density at radius 3 is 1.73 bits per heavy atom. The molecule has 0 fully saturated rings. The van der Waals surface area contributed by atoms with E-state index in [0.717, 1.165) is 5.69 Å². The zero-order valence-corrected chi connectivity index (χ0v) is 41.0. The third kappa shape index (κ3) is 5.69. The first-order valence-corrected chi connectivity index (χ1v) is 25.7. The Balaban J connectivity index is 1.09. The van der Waals surface area contributed by atoms with Crippen LogP contribution < -0.4 is 25.5 Å². The molecular formula is C66H51BN2S. The number of hydrogen-bond acceptors (Lipinski definition) is 3. The van der Waals surface area contributed by atoms with E-state index in [9.17, 15) is 0 Å². The third-order valence-corrected chi connectivity index (χ3v) is 17.2. The largest absolute Gasteiger partial charge is 0.311 e. The predicted octanol–water partition coefficient (Wildman–Crippen LogP) is 15.9. The fourth-order valence-corrected chi connectivity index (χ4v) is 14.3. The molecule has 4 aliphatic rings. The molecule has 334 valence electrons. The van der Waals surface area contributed by atoms with Crippen molar-refractivity contribution in [1.29, 1.82) is 0 Å². The van der Waals surface area contributed by atoms with Crippen LogP contribution in [0.2, 0.25) is 0 Å². The first-order valence-electron chi connectivity index (χ1n) is 24.9. The maximum atomic E-state index is 2.62. The summed E-state index contributed by atoms with van der Waals surface area (Å²) in [5, 5.41) is 0. The van der Waals surface area contributed by atoms with Crippen molar-refractivity contribution in [2.75, 3.05) is 9.80 Å². The Morgan fingerprint density at radius 2 is 1.07 bits per heavy atom. The van der Waals surface area contributed by atoms with Crippen molar-refractivity contribution < 1.29 is 0 Å². The highest BCUT2D eigenvalue weighted by molar-refractivity contribution is 7.30.